The highest BCUT2D eigenvalue weighted by Crippen LogP contribution is 2.26. The second kappa shape index (κ2) is 11.8. The van der Waals surface area contributed by atoms with Crippen LogP contribution in [0.4, 0.5) is 0 Å². The standard InChI is InChI=1S/C25H37N3O5S2/c1-26(2)18-19-28(35(31,32)25-7-5-6-24(20-25)34(4,29)30)22-13-16-27(17-14-22)15-12-21-8-10-23(33-3)11-9-21/h5-11,20,22H,12-19H2,1-4H3. The van der Waals surface area contributed by atoms with E-state index in [4.69, 9.17) is 4.74 Å². The molecule has 194 valence electrons. The van der Waals surface area contributed by atoms with Gasteiger partial charge in [0.05, 0.1) is 16.9 Å². The van der Waals surface area contributed by atoms with Gasteiger partial charge in [-0.2, -0.15) is 4.31 Å². The van der Waals surface area contributed by atoms with Crippen LogP contribution in [0.5, 0.6) is 5.75 Å². The first-order valence-corrected chi connectivity index (χ1v) is 15.2. The lowest BCUT2D eigenvalue weighted by Gasteiger charge is -2.38. The number of benzene rings is 2. The van der Waals surface area contributed by atoms with Gasteiger partial charge >= 0.3 is 0 Å². The highest BCUT2D eigenvalue weighted by Gasteiger charge is 2.34. The molecule has 0 radical (unpaired) electrons. The predicted octanol–water partition coefficient (Wildman–Crippen LogP) is 2.36. The van der Waals surface area contributed by atoms with Crippen molar-refractivity contribution < 1.29 is 21.6 Å². The van der Waals surface area contributed by atoms with Crippen molar-refractivity contribution in [1.29, 1.82) is 0 Å². The molecular weight excluding hydrogens is 486 g/mol. The first-order chi connectivity index (χ1) is 16.5. The Hall–Kier alpha value is -1.98. The Labute approximate surface area is 210 Å². The average Bonchev–Trinajstić information content (AvgIpc) is 2.83. The van der Waals surface area contributed by atoms with Crippen molar-refractivity contribution in [3.05, 3.63) is 54.1 Å². The third-order valence-corrected chi connectivity index (χ3v) is 9.51. The minimum atomic E-state index is -3.85. The minimum Gasteiger partial charge on any atom is -0.497 e. The van der Waals surface area contributed by atoms with E-state index in [1.807, 2.05) is 31.1 Å². The molecule has 35 heavy (non-hydrogen) atoms. The average molecular weight is 524 g/mol. The van der Waals surface area contributed by atoms with Gasteiger partial charge in [0, 0.05) is 31.9 Å². The molecule has 0 spiro atoms. The summed E-state index contributed by atoms with van der Waals surface area (Å²) in [6.07, 6.45) is 3.49. The van der Waals surface area contributed by atoms with E-state index >= 15 is 0 Å². The third kappa shape index (κ3) is 7.50. The number of rotatable bonds is 11. The fraction of sp³-hybridized carbons (Fsp3) is 0.520. The van der Waals surface area contributed by atoms with Gasteiger partial charge in [0.25, 0.3) is 0 Å². The maximum absolute atomic E-state index is 13.7. The molecule has 1 aliphatic heterocycles. The third-order valence-electron chi connectivity index (χ3n) is 6.45. The molecule has 0 amide bonds. The highest BCUT2D eigenvalue weighted by molar-refractivity contribution is 7.91. The molecule has 0 saturated carbocycles. The molecule has 1 fully saturated rings. The van der Waals surface area contributed by atoms with Crippen molar-refractivity contribution in [2.75, 3.05) is 60.2 Å². The summed E-state index contributed by atoms with van der Waals surface area (Å²) in [5.74, 6) is 0.843. The molecule has 0 aliphatic carbocycles. The topological polar surface area (TPSA) is 87.2 Å². The summed E-state index contributed by atoms with van der Waals surface area (Å²) < 4.78 is 58.1. The van der Waals surface area contributed by atoms with Crippen molar-refractivity contribution in [3.8, 4) is 5.75 Å². The smallest absolute Gasteiger partial charge is 0.243 e. The first kappa shape index (κ1) is 27.6. The van der Waals surface area contributed by atoms with E-state index < -0.39 is 19.9 Å². The Bertz CT molecular complexity index is 1170. The maximum atomic E-state index is 13.7. The van der Waals surface area contributed by atoms with Crippen LogP contribution in [0.1, 0.15) is 18.4 Å². The Morgan fingerprint density at radius 2 is 1.57 bits per heavy atom. The summed E-state index contributed by atoms with van der Waals surface area (Å²) >= 11 is 0. The van der Waals surface area contributed by atoms with Crippen LogP contribution in [-0.2, 0) is 26.3 Å². The lowest BCUT2D eigenvalue weighted by Crippen LogP contribution is -2.49. The number of ether oxygens (including phenoxy) is 1. The van der Waals surface area contributed by atoms with E-state index in [9.17, 15) is 16.8 Å². The lowest BCUT2D eigenvalue weighted by molar-refractivity contribution is 0.155. The molecule has 1 heterocycles. The van der Waals surface area contributed by atoms with Gasteiger partial charge in [0.1, 0.15) is 5.75 Å². The van der Waals surface area contributed by atoms with Gasteiger partial charge in [-0.05, 0) is 82.3 Å². The van der Waals surface area contributed by atoms with Crippen molar-refractivity contribution in [2.24, 2.45) is 0 Å². The molecule has 0 atom stereocenters. The number of hydrogen-bond donors (Lipinski definition) is 0. The first-order valence-electron chi connectivity index (χ1n) is 11.8. The highest BCUT2D eigenvalue weighted by atomic mass is 32.2. The number of nitrogens with zero attached hydrogens (tertiary/aromatic N) is 3. The largest absolute Gasteiger partial charge is 0.497 e. The molecule has 0 N–H and O–H groups in total. The molecule has 8 nitrogen and oxygen atoms in total. The summed E-state index contributed by atoms with van der Waals surface area (Å²) in [7, 11) is -1.87. The zero-order valence-corrected chi connectivity index (χ0v) is 22.7. The SMILES string of the molecule is COc1ccc(CCN2CCC(N(CCN(C)C)S(=O)(=O)c3cccc(S(C)(=O)=O)c3)CC2)cc1. The Kier molecular flexibility index (Phi) is 9.34. The van der Waals surface area contributed by atoms with Crippen molar-refractivity contribution in [3.63, 3.8) is 0 Å². The van der Waals surface area contributed by atoms with E-state index in [1.54, 1.807) is 11.4 Å². The molecule has 10 heteroatoms. The number of piperidine rings is 1. The second-order valence-electron chi connectivity index (χ2n) is 9.34. The van der Waals surface area contributed by atoms with E-state index in [-0.39, 0.29) is 15.8 Å². The Morgan fingerprint density at radius 1 is 0.943 bits per heavy atom. The van der Waals surface area contributed by atoms with Crippen LogP contribution in [0.15, 0.2) is 58.3 Å². The van der Waals surface area contributed by atoms with Gasteiger partial charge < -0.3 is 14.5 Å². The zero-order valence-electron chi connectivity index (χ0n) is 21.1. The fourth-order valence-electron chi connectivity index (χ4n) is 4.31. The number of likely N-dealkylation sites (N-methyl/N-ethyl adjacent to an activating group) is 1. The van der Waals surface area contributed by atoms with Crippen molar-refractivity contribution >= 4 is 19.9 Å². The van der Waals surface area contributed by atoms with Gasteiger partial charge in [0.15, 0.2) is 9.84 Å². The molecule has 0 unspecified atom stereocenters. The Morgan fingerprint density at radius 3 is 2.14 bits per heavy atom. The van der Waals surface area contributed by atoms with Crippen LogP contribution in [0, 0.1) is 0 Å². The summed E-state index contributed by atoms with van der Waals surface area (Å²) in [6, 6.07) is 13.6. The van der Waals surface area contributed by atoms with E-state index in [2.05, 4.69) is 17.0 Å². The lowest BCUT2D eigenvalue weighted by atomic mass is 10.0. The van der Waals surface area contributed by atoms with E-state index in [1.165, 1.54) is 29.8 Å². The molecule has 0 aromatic heterocycles. The van der Waals surface area contributed by atoms with Crippen molar-refractivity contribution in [1.82, 2.24) is 14.1 Å². The van der Waals surface area contributed by atoms with E-state index in [0.29, 0.717) is 13.1 Å². The molecule has 2 aromatic carbocycles. The summed E-state index contributed by atoms with van der Waals surface area (Å²) in [5, 5.41) is 0. The molecular formula is C25H37N3O5S2. The fourth-order valence-corrected chi connectivity index (χ4v) is 6.77. The zero-order chi connectivity index (χ0) is 25.6. The van der Waals surface area contributed by atoms with Crippen LogP contribution >= 0.6 is 0 Å². The molecule has 3 rings (SSSR count). The van der Waals surface area contributed by atoms with Crippen molar-refractivity contribution in [2.45, 2.75) is 35.1 Å². The monoisotopic (exact) mass is 523 g/mol. The number of hydrogen-bond acceptors (Lipinski definition) is 7. The molecule has 1 saturated heterocycles. The van der Waals surface area contributed by atoms with Gasteiger partial charge in [-0.3, -0.25) is 0 Å². The quantitative estimate of drug-likeness (QED) is 0.447. The normalized spacial score (nSPS) is 16.2. The molecule has 1 aliphatic rings. The van der Waals surface area contributed by atoms with Gasteiger partial charge in [-0.1, -0.05) is 18.2 Å². The van der Waals surface area contributed by atoms with Crippen LogP contribution in [0.3, 0.4) is 0 Å². The second-order valence-corrected chi connectivity index (χ2v) is 13.2. The molecule has 2 aromatic rings. The maximum Gasteiger partial charge on any atom is 0.243 e. The number of sulfone groups is 1. The van der Waals surface area contributed by atoms with Gasteiger partial charge in [0.2, 0.25) is 10.0 Å². The summed E-state index contributed by atoms with van der Waals surface area (Å²) in [4.78, 5) is 4.38. The van der Waals surface area contributed by atoms with Gasteiger partial charge in [-0.25, -0.2) is 16.8 Å². The van der Waals surface area contributed by atoms with Crippen LogP contribution in [-0.4, -0.2) is 97.2 Å². The van der Waals surface area contributed by atoms with Crippen LogP contribution < -0.4 is 4.74 Å². The van der Waals surface area contributed by atoms with Crippen LogP contribution in [0.2, 0.25) is 0 Å². The minimum absolute atomic E-state index is 0.0134. The van der Waals surface area contributed by atoms with Gasteiger partial charge in [-0.15, -0.1) is 0 Å². The number of likely N-dealkylation sites (tertiary alicyclic amines) is 1. The predicted molar refractivity (Wildman–Crippen MR) is 138 cm³/mol. The van der Waals surface area contributed by atoms with E-state index in [0.717, 1.165) is 50.9 Å². The van der Waals surface area contributed by atoms with Crippen LogP contribution in [0.25, 0.3) is 0 Å². The number of methoxy groups -OCH3 is 1. The molecule has 0 bridgehead atoms. The summed E-state index contributed by atoms with van der Waals surface area (Å²) in [6.45, 7) is 3.49. The Balaban J connectivity index is 1.70. The number of sulfonamides is 1. The summed E-state index contributed by atoms with van der Waals surface area (Å²) in [5.41, 5.74) is 1.24.